The van der Waals surface area contributed by atoms with Crippen LogP contribution >= 0.6 is 0 Å². The highest BCUT2D eigenvalue weighted by Gasteiger charge is 2.38. The number of ether oxygens (including phenoxy) is 2. The molecule has 5 rings (SSSR count). The molecule has 0 radical (unpaired) electrons. The summed E-state index contributed by atoms with van der Waals surface area (Å²) in [6.45, 7) is 5.09. The van der Waals surface area contributed by atoms with Crippen LogP contribution in [0, 0.1) is 0 Å². The van der Waals surface area contributed by atoms with Gasteiger partial charge in [0.05, 0.1) is 19.0 Å². The molecular weight excluding hydrogens is 586 g/mol. The molecule has 242 valence electrons. The highest BCUT2D eigenvalue weighted by Crippen LogP contribution is 2.37. The summed E-state index contributed by atoms with van der Waals surface area (Å²) >= 11 is 0. The van der Waals surface area contributed by atoms with Gasteiger partial charge in [0.25, 0.3) is 0 Å². The van der Waals surface area contributed by atoms with Gasteiger partial charge in [0.2, 0.25) is 11.8 Å². The zero-order valence-corrected chi connectivity index (χ0v) is 27.0. The molecule has 5 aromatic rings. The van der Waals surface area contributed by atoms with E-state index in [4.69, 9.17) is 15.2 Å². The second-order valence-corrected chi connectivity index (χ2v) is 11.4. The quantitative estimate of drug-likeness (QED) is 0.103. The first-order valence-corrected chi connectivity index (χ1v) is 16.2. The number of hydrogen-bond donors (Lipinski definition) is 2. The van der Waals surface area contributed by atoms with E-state index in [1.54, 1.807) is 4.90 Å². The van der Waals surface area contributed by atoms with Gasteiger partial charge in [-0.3, -0.25) is 9.59 Å². The summed E-state index contributed by atoms with van der Waals surface area (Å²) in [5.41, 5.74) is 9.19. The molecule has 1 atom stereocenters. The molecule has 0 saturated heterocycles. The van der Waals surface area contributed by atoms with E-state index in [0.29, 0.717) is 13.2 Å². The maximum absolute atomic E-state index is 14.1. The Hall–Kier alpha value is -4.82. The Morgan fingerprint density at radius 3 is 1.70 bits per heavy atom. The highest BCUT2D eigenvalue weighted by atomic mass is 16.7. The Labute approximate surface area is 277 Å². The summed E-state index contributed by atoms with van der Waals surface area (Å²) in [5, 5.41) is 5.51. The monoisotopic (exact) mass is 629 g/mol. The summed E-state index contributed by atoms with van der Waals surface area (Å²) in [5.74, 6) is -0.707. The first-order chi connectivity index (χ1) is 22.9. The normalized spacial score (nSPS) is 12.2. The SMILES string of the molecule is CCOC(CN(Cc1ccc2ccccc2c1)C(=O)C(N)CC(=O)NC(c1ccccc1)(c1ccccc1)c1ccccc1)OCC. The molecule has 0 aliphatic heterocycles. The van der Waals surface area contributed by atoms with Gasteiger partial charge in [-0.25, -0.2) is 0 Å². The zero-order valence-electron chi connectivity index (χ0n) is 27.0. The molecular formula is C40H43N3O4. The molecule has 0 aromatic heterocycles. The van der Waals surface area contributed by atoms with Crippen molar-refractivity contribution in [1.29, 1.82) is 0 Å². The molecule has 0 aliphatic carbocycles. The van der Waals surface area contributed by atoms with Crippen LogP contribution in [-0.4, -0.2) is 48.8 Å². The Kier molecular flexibility index (Phi) is 11.5. The van der Waals surface area contributed by atoms with Crippen molar-refractivity contribution in [3.05, 3.63) is 156 Å². The zero-order chi connectivity index (χ0) is 33.1. The van der Waals surface area contributed by atoms with Crippen molar-refractivity contribution in [2.45, 2.75) is 44.7 Å². The second kappa shape index (κ2) is 16.1. The van der Waals surface area contributed by atoms with Gasteiger partial charge < -0.3 is 25.4 Å². The first kappa shape index (κ1) is 33.5. The summed E-state index contributed by atoms with van der Waals surface area (Å²) < 4.78 is 11.6. The van der Waals surface area contributed by atoms with Crippen LogP contribution in [0.4, 0.5) is 0 Å². The Balaban J connectivity index is 1.43. The molecule has 5 aromatic carbocycles. The van der Waals surface area contributed by atoms with Gasteiger partial charge >= 0.3 is 0 Å². The molecule has 0 aliphatic rings. The number of benzene rings is 5. The fraction of sp³-hybridized carbons (Fsp3) is 0.250. The van der Waals surface area contributed by atoms with Crippen LogP contribution in [0.3, 0.4) is 0 Å². The van der Waals surface area contributed by atoms with E-state index >= 15 is 0 Å². The van der Waals surface area contributed by atoms with Gasteiger partial charge in [-0.05, 0) is 52.9 Å². The van der Waals surface area contributed by atoms with Crippen LogP contribution in [0.5, 0.6) is 0 Å². The average molecular weight is 630 g/mol. The summed E-state index contributed by atoms with van der Waals surface area (Å²) in [6, 6.07) is 42.7. The molecule has 1 unspecified atom stereocenters. The summed E-state index contributed by atoms with van der Waals surface area (Å²) in [6.07, 6.45) is -0.841. The Bertz CT molecular complexity index is 1630. The van der Waals surface area contributed by atoms with Gasteiger partial charge in [-0.1, -0.05) is 127 Å². The van der Waals surface area contributed by atoms with E-state index in [1.165, 1.54) is 0 Å². The minimum absolute atomic E-state index is 0.171. The number of hydrogen-bond acceptors (Lipinski definition) is 5. The Morgan fingerprint density at radius 1 is 0.702 bits per heavy atom. The number of carbonyl (C=O) groups excluding carboxylic acids is 2. The predicted octanol–water partition coefficient (Wildman–Crippen LogP) is 6.39. The van der Waals surface area contributed by atoms with Crippen LogP contribution in [0.15, 0.2) is 133 Å². The van der Waals surface area contributed by atoms with Crippen molar-refractivity contribution in [2.75, 3.05) is 19.8 Å². The van der Waals surface area contributed by atoms with Crippen LogP contribution in [-0.2, 0) is 31.1 Å². The fourth-order valence-corrected chi connectivity index (χ4v) is 6.06. The average Bonchev–Trinajstić information content (AvgIpc) is 3.11. The third-order valence-electron chi connectivity index (χ3n) is 8.24. The minimum atomic E-state index is -1.10. The number of nitrogens with two attached hydrogens (primary N) is 1. The highest BCUT2D eigenvalue weighted by molar-refractivity contribution is 5.89. The lowest BCUT2D eigenvalue weighted by molar-refractivity contribution is -0.160. The number of carbonyl (C=O) groups is 2. The molecule has 47 heavy (non-hydrogen) atoms. The molecule has 0 bridgehead atoms. The van der Waals surface area contributed by atoms with Gasteiger partial charge in [0.1, 0.15) is 5.54 Å². The van der Waals surface area contributed by atoms with Crippen LogP contribution in [0.2, 0.25) is 0 Å². The molecule has 0 saturated carbocycles. The molecule has 7 heteroatoms. The van der Waals surface area contributed by atoms with E-state index < -0.39 is 17.9 Å². The minimum Gasteiger partial charge on any atom is -0.351 e. The van der Waals surface area contributed by atoms with Crippen LogP contribution in [0.1, 0.15) is 42.5 Å². The molecule has 0 fully saturated rings. The number of nitrogens with zero attached hydrogens (tertiary/aromatic N) is 1. The largest absolute Gasteiger partial charge is 0.351 e. The van der Waals surface area contributed by atoms with E-state index in [-0.39, 0.29) is 31.3 Å². The van der Waals surface area contributed by atoms with E-state index in [0.717, 1.165) is 33.0 Å². The summed E-state index contributed by atoms with van der Waals surface area (Å²) in [7, 11) is 0. The molecule has 2 amide bonds. The van der Waals surface area contributed by atoms with Gasteiger partial charge in [-0.15, -0.1) is 0 Å². The lowest BCUT2D eigenvalue weighted by Gasteiger charge is -2.37. The van der Waals surface area contributed by atoms with E-state index in [2.05, 4.69) is 17.4 Å². The van der Waals surface area contributed by atoms with Crippen LogP contribution < -0.4 is 11.1 Å². The van der Waals surface area contributed by atoms with Gasteiger partial charge in [-0.2, -0.15) is 0 Å². The number of nitrogens with one attached hydrogen (secondary N) is 1. The van der Waals surface area contributed by atoms with Crippen molar-refractivity contribution in [3.63, 3.8) is 0 Å². The first-order valence-electron chi connectivity index (χ1n) is 16.2. The molecule has 7 nitrogen and oxygen atoms in total. The maximum atomic E-state index is 14.1. The third kappa shape index (κ3) is 8.13. The molecule has 0 spiro atoms. The van der Waals surface area contributed by atoms with Crippen molar-refractivity contribution in [1.82, 2.24) is 10.2 Å². The predicted molar refractivity (Wildman–Crippen MR) is 186 cm³/mol. The molecule has 3 N–H and O–H groups in total. The number of amides is 2. The lowest BCUT2D eigenvalue weighted by Crippen LogP contribution is -2.52. The molecule has 0 heterocycles. The van der Waals surface area contributed by atoms with Gasteiger partial charge in [0.15, 0.2) is 6.29 Å². The smallest absolute Gasteiger partial charge is 0.240 e. The van der Waals surface area contributed by atoms with Crippen molar-refractivity contribution in [2.24, 2.45) is 5.73 Å². The van der Waals surface area contributed by atoms with Crippen molar-refractivity contribution in [3.8, 4) is 0 Å². The maximum Gasteiger partial charge on any atom is 0.240 e. The van der Waals surface area contributed by atoms with Gasteiger partial charge in [0, 0.05) is 19.8 Å². The Morgan fingerprint density at radius 2 is 1.19 bits per heavy atom. The standard InChI is InChI=1S/C40H43N3O4/c1-3-46-38(47-4-2)29-43(28-30-24-25-31-16-14-15-17-32(31)26-30)39(45)36(41)27-37(44)42-40(33-18-8-5-9-19-33,34-20-10-6-11-21-34)35-22-12-7-13-23-35/h5-26,36,38H,3-4,27-29,41H2,1-2H3,(H,42,44). The number of fused-ring (bicyclic) bond motifs is 1. The second-order valence-electron chi connectivity index (χ2n) is 11.4. The topological polar surface area (TPSA) is 93.9 Å². The van der Waals surface area contributed by atoms with Crippen molar-refractivity contribution < 1.29 is 19.1 Å². The van der Waals surface area contributed by atoms with Crippen molar-refractivity contribution >= 4 is 22.6 Å². The van der Waals surface area contributed by atoms with E-state index in [1.807, 2.05) is 135 Å². The summed E-state index contributed by atoms with van der Waals surface area (Å²) in [4.78, 5) is 29.7. The fourth-order valence-electron chi connectivity index (χ4n) is 6.06. The van der Waals surface area contributed by atoms with Crippen LogP contribution in [0.25, 0.3) is 10.8 Å². The lowest BCUT2D eigenvalue weighted by atomic mass is 9.77. The third-order valence-corrected chi connectivity index (χ3v) is 8.24. The van der Waals surface area contributed by atoms with E-state index in [9.17, 15) is 9.59 Å². The number of rotatable bonds is 15.